The molecule has 0 amide bonds. The predicted molar refractivity (Wildman–Crippen MR) is 77.4 cm³/mol. The molecule has 2 aliphatic rings. The van der Waals surface area contributed by atoms with E-state index in [0.717, 1.165) is 12.5 Å². The fourth-order valence-electron chi connectivity index (χ4n) is 3.70. The van der Waals surface area contributed by atoms with E-state index in [0.29, 0.717) is 25.6 Å². The zero-order valence-corrected chi connectivity index (χ0v) is 12.6. The van der Waals surface area contributed by atoms with Gasteiger partial charge in [-0.15, -0.1) is 0 Å². The van der Waals surface area contributed by atoms with E-state index in [9.17, 15) is 9.59 Å². The summed E-state index contributed by atoms with van der Waals surface area (Å²) in [5.41, 5.74) is 0. The number of piperidine rings is 1. The fraction of sp³-hybridized carbons (Fsp3) is 0.875. The fourth-order valence-corrected chi connectivity index (χ4v) is 3.70. The molecule has 114 valence electrons. The van der Waals surface area contributed by atoms with Crippen LogP contribution in [0.5, 0.6) is 0 Å². The van der Waals surface area contributed by atoms with Crippen LogP contribution < -0.4 is 0 Å². The number of ketones is 1. The Kier molecular flexibility index (Phi) is 6.02. The molecule has 1 aliphatic carbocycles. The highest BCUT2D eigenvalue weighted by Crippen LogP contribution is 2.35. The lowest BCUT2D eigenvalue weighted by Gasteiger charge is -2.43. The summed E-state index contributed by atoms with van der Waals surface area (Å²) >= 11 is 0. The molecule has 2 atom stereocenters. The number of hydrogen-bond acceptors (Lipinski definition) is 4. The summed E-state index contributed by atoms with van der Waals surface area (Å²) in [6.07, 6.45) is 8.33. The maximum absolute atomic E-state index is 12.0. The highest BCUT2D eigenvalue weighted by atomic mass is 16.5. The third-order valence-corrected chi connectivity index (χ3v) is 4.65. The zero-order valence-electron chi connectivity index (χ0n) is 12.6. The second-order valence-electron chi connectivity index (χ2n) is 6.07. The molecule has 1 aliphatic heterocycles. The van der Waals surface area contributed by atoms with Gasteiger partial charge in [0.2, 0.25) is 0 Å². The van der Waals surface area contributed by atoms with Crippen LogP contribution in [0.3, 0.4) is 0 Å². The van der Waals surface area contributed by atoms with Gasteiger partial charge in [0.15, 0.2) is 0 Å². The van der Waals surface area contributed by atoms with E-state index in [1.165, 1.54) is 38.5 Å². The number of rotatable bonds is 6. The molecule has 0 aromatic carbocycles. The lowest BCUT2D eigenvalue weighted by atomic mass is 9.78. The Morgan fingerprint density at radius 1 is 1.10 bits per heavy atom. The standard InChI is InChI=1S/C16H27NO3/c1-2-20-16(19)10-9-14(18)12-17-11-5-7-13-6-3-4-8-15(13)17/h13,15H,2-12H2,1H3. The van der Waals surface area contributed by atoms with Gasteiger partial charge in [0.25, 0.3) is 0 Å². The summed E-state index contributed by atoms with van der Waals surface area (Å²) in [6, 6.07) is 0.615. The molecule has 20 heavy (non-hydrogen) atoms. The normalized spacial score (nSPS) is 26.9. The molecule has 0 radical (unpaired) electrons. The Morgan fingerprint density at radius 2 is 1.85 bits per heavy atom. The molecule has 0 aromatic heterocycles. The van der Waals surface area contributed by atoms with E-state index < -0.39 is 0 Å². The molecule has 1 saturated heterocycles. The molecule has 2 fully saturated rings. The van der Waals surface area contributed by atoms with E-state index in [2.05, 4.69) is 4.90 Å². The van der Waals surface area contributed by atoms with Gasteiger partial charge in [-0.1, -0.05) is 12.8 Å². The number of esters is 1. The van der Waals surface area contributed by atoms with E-state index in [-0.39, 0.29) is 18.2 Å². The SMILES string of the molecule is CCOC(=O)CCC(=O)CN1CCCC2CCCCC21. The summed E-state index contributed by atoms with van der Waals surface area (Å²) in [7, 11) is 0. The van der Waals surface area contributed by atoms with E-state index >= 15 is 0 Å². The maximum atomic E-state index is 12.0. The van der Waals surface area contributed by atoms with Crippen molar-refractivity contribution < 1.29 is 14.3 Å². The molecule has 0 aromatic rings. The van der Waals surface area contributed by atoms with Crippen molar-refractivity contribution in [2.24, 2.45) is 5.92 Å². The summed E-state index contributed by atoms with van der Waals surface area (Å²) in [5, 5.41) is 0. The lowest BCUT2D eigenvalue weighted by Crippen LogP contribution is -2.48. The first-order valence-electron chi connectivity index (χ1n) is 8.12. The van der Waals surface area contributed by atoms with Gasteiger partial charge in [-0.2, -0.15) is 0 Å². The van der Waals surface area contributed by atoms with Gasteiger partial charge in [-0.3, -0.25) is 14.5 Å². The number of hydrogen-bond donors (Lipinski definition) is 0. The van der Waals surface area contributed by atoms with Crippen LogP contribution in [0.4, 0.5) is 0 Å². The Labute approximate surface area is 121 Å². The molecular formula is C16H27NO3. The van der Waals surface area contributed by atoms with Gasteiger partial charge in [0.1, 0.15) is 5.78 Å². The molecule has 2 unspecified atom stereocenters. The molecule has 4 nitrogen and oxygen atoms in total. The molecule has 0 spiro atoms. The lowest BCUT2D eigenvalue weighted by molar-refractivity contribution is -0.144. The molecule has 2 rings (SSSR count). The average Bonchev–Trinajstić information content (AvgIpc) is 2.46. The van der Waals surface area contributed by atoms with Gasteiger partial charge in [0, 0.05) is 12.5 Å². The first-order valence-corrected chi connectivity index (χ1v) is 8.12. The van der Waals surface area contributed by atoms with Crippen molar-refractivity contribution >= 4 is 11.8 Å². The van der Waals surface area contributed by atoms with Gasteiger partial charge in [0.05, 0.1) is 19.6 Å². The van der Waals surface area contributed by atoms with Gasteiger partial charge >= 0.3 is 5.97 Å². The van der Waals surface area contributed by atoms with E-state index in [4.69, 9.17) is 4.74 Å². The van der Waals surface area contributed by atoms with Crippen LogP contribution in [0.25, 0.3) is 0 Å². The third-order valence-electron chi connectivity index (χ3n) is 4.65. The first kappa shape index (κ1) is 15.5. The van der Waals surface area contributed by atoms with Gasteiger partial charge in [-0.05, 0) is 45.1 Å². The van der Waals surface area contributed by atoms with Crippen LogP contribution in [0.1, 0.15) is 58.3 Å². The van der Waals surface area contributed by atoms with Crippen molar-refractivity contribution in [2.75, 3.05) is 19.7 Å². The van der Waals surface area contributed by atoms with Crippen LogP contribution in [-0.2, 0) is 14.3 Å². The Balaban J connectivity index is 1.76. The zero-order chi connectivity index (χ0) is 14.4. The van der Waals surface area contributed by atoms with Crippen LogP contribution >= 0.6 is 0 Å². The first-order chi connectivity index (χ1) is 9.70. The minimum absolute atomic E-state index is 0.185. The summed E-state index contributed by atoms with van der Waals surface area (Å²) < 4.78 is 4.86. The monoisotopic (exact) mass is 281 g/mol. The molecule has 4 heteroatoms. The summed E-state index contributed by atoms with van der Waals surface area (Å²) in [4.78, 5) is 25.7. The van der Waals surface area contributed by atoms with Crippen LogP contribution in [0.2, 0.25) is 0 Å². The number of carbonyl (C=O) groups excluding carboxylic acids is 2. The number of carbonyl (C=O) groups is 2. The minimum Gasteiger partial charge on any atom is -0.466 e. The smallest absolute Gasteiger partial charge is 0.306 e. The number of nitrogens with zero attached hydrogens (tertiary/aromatic N) is 1. The number of fused-ring (bicyclic) bond motifs is 1. The second kappa shape index (κ2) is 7.77. The van der Waals surface area contributed by atoms with Crippen molar-refractivity contribution in [3.63, 3.8) is 0 Å². The van der Waals surface area contributed by atoms with Crippen LogP contribution in [-0.4, -0.2) is 42.4 Å². The number of ether oxygens (including phenoxy) is 1. The molecule has 0 N–H and O–H groups in total. The van der Waals surface area contributed by atoms with Crippen molar-refractivity contribution in [3.05, 3.63) is 0 Å². The third kappa shape index (κ3) is 4.30. The van der Waals surface area contributed by atoms with Gasteiger partial charge in [-0.25, -0.2) is 0 Å². The van der Waals surface area contributed by atoms with Crippen molar-refractivity contribution in [2.45, 2.75) is 64.3 Å². The quantitative estimate of drug-likeness (QED) is 0.702. The predicted octanol–water partition coefficient (Wildman–Crippen LogP) is 2.55. The average molecular weight is 281 g/mol. The Hall–Kier alpha value is -0.900. The largest absolute Gasteiger partial charge is 0.466 e. The second-order valence-corrected chi connectivity index (χ2v) is 6.07. The van der Waals surface area contributed by atoms with Crippen molar-refractivity contribution in [1.82, 2.24) is 4.90 Å². The number of likely N-dealkylation sites (tertiary alicyclic amines) is 1. The van der Waals surface area contributed by atoms with E-state index in [1.807, 2.05) is 0 Å². The number of Topliss-reactive ketones (excluding diaryl/α,β-unsaturated/α-hetero) is 1. The summed E-state index contributed by atoms with van der Waals surface area (Å²) in [6.45, 7) is 3.76. The molecule has 0 bridgehead atoms. The van der Waals surface area contributed by atoms with Crippen LogP contribution in [0.15, 0.2) is 0 Å². The topological polar surface area (TPSA) is 46.6 Å². The minimum atomic E-state index is -0.255. The molecule has 1 heterocycles. The maximum Gasteiger partial charge on any atom is 0.306 e. The molecule has 1 saturated carbocycles. The highest BCUT2D eigenvalue weighted by Gasteiger charge is 2.33. The summed E-state index contributed by atoms with van der Waals surface area (Å²) in [5.74, 6) is 0.731. The van der Waals surface area contributed by atoms with Crippen molar-refractivity contribution in [3.8, 4) is 0 Å². The van der Waals surface area contributed by atoms with E-state index in [1.54, 1.807) is 6.92 Å². The van der Waals surface area contributed by atoms with Crippen LogP contribution in [0, 0.1) is 5.92 Å². The Bertz CT molecular complexity index is 341. The highest BCUT2D eigenvalue weighted by molar-refractivity contribution is 5.84. The van der Waals surface area contributed by atoms with Gasteiger partial charge < -0.3 is 4.74 Å². The van der Waals surface area contributed by atoms with Crippen molar-refractivity contribution in [1.29, 1.82) is 0 Å². The Morgan fingerprint density at radius 3 is 2.65 bits per heavy atom. The molecular weight excluding hydrogens is 254 g/mol.